The van der Waals surface area contributed by atoms with Crippen LogP contribution in [0.25, 0.3) is 5.69 Å². The SMILES string of the molecule is Cc1nn(-c2ccccc2)c(C)c1C1C=CC(NCc2cccc(C#N)c2)C1. The molecule has 28 heavy (non-hydrogen) atoms. The summed E-state index contributed by atoms with van der Waals surface area (Å²) in [5.41, 5.74) is 6.58. The lowest BCUT2D eigenvalue weighted by atomic mass is 9.96. The number of rotatable bonds is 5. The number of aromatic nitrogens is 2. The quantitative estimate of drug-likeness (QED) is 0.672. The van der Waals surface area contributed by atoms with Crippen molar-refractivity contribution in [2.75, 3.05) is 0 Å². The summed E-state index contributed by atoms with van der Waals surface area (Å²) in [6, 6.07) is 20.6. The molecule has 1 N–H and O–H groups in total. The normalized spacial score (nSPS) is 18.3. The van der Waals surface area contributed by atoms with Crippen LogP contribution >= 0.6 is 0 Å². The van der Waals surface area contributed by atoms with E-state index in [9.17, 15) is 0 Å². The standard InChI is InChI=1S/C24H24N4/c1-17-24(18(2)28(27-17)23-9-4-3-5-10-23)21-11-12-22(14-21)26-16-20-8-6-7-19(13-20)15-25/h3-13,21-22,26H,14,16H2,1-2H3. The maximum atomic E-state index is 9.05. The summed E-state index contributed by atoms with van der Waals surface area (Å²) < 4.78 is 2.05. The third-order valence-corrected chi connectivity index (χ3v) is 5.43. The van der Waals surface area contributed by atoms with Crippen molar-refractivity contribution in [3.8, 4) is 11.8 Å². The van der Waals surface area contributed by atoms with Crippen LogP contribution in [-0.4, -0.2) is 15.8 Å². The number of allylic oxidation sites excluding steroid dienone is 1. The van der Waals surface area contributed by atoms with Crippen molar-refractivity contribution < 1.29 is 0 Å². The zero-order valence-corrected chi connectivity index (χ0v) is 16.3. The zero-order valence-electron chi connectivity index (χ0n) is 16.3. The molecule has 4 nitrogen and oxygen atoms in total. The number of hydrogen-bond donors (Lipinski definition) is 1. The molecule has 0 spiro atoms. The van der Waals surface area contributed by atoms with Crippen LogP contribution in [0.3, 0.4) is 0 Å². The molecule has 140 valence electrons. The first-order valence-corrected chi connectivity index (χ1v) is 9.68. The monoisotopic (exact) mass is 368 g/mol. The van der Waals surface area contributed by atoms with Gasteiger partial charge in [-0.25, -0.2) is 4.68 Å². The van der Waals surface area contributed by atoms with E-state index in [0.29, 0.717) is 17.5 Å². The summed E-state index contributed by atoms with van der Waals surface area (Å²) in [7, 11) is 0. The van der Waals surface area contributed by atoms with E-state index < -0.39 is 0 Å². The molecule has 4 rings (SSSR count). The molecule has 0 bridgehead atoms. The fourth-order valence-electron chi connectivity index (χ4n) is 4.08. The lowest BCUT2D eigenvalue weighted by molar-refractivity contribution is 0.559. The molecule has 1 aromatic heterocycles. The van der Waals surface area contributed by atoms with E-state index in [0.717, 1.165) is 29.9 Å². The minimum absolute atomic E-state index is 0.328. The van der Waals surface area contributed by atoms with Crippen molar-refractivity contribution in [3.05, 3.63) is 94.8 Å². The molecule has 1 aliphatic carbocycles. The zero-order chi connectivity index (χ0) is 19.5. The lowest BCUT2D eigenvalue weighted by Crippen LogP contribution is -2.25. The van der Waals surface area contributed by atoms with Crippen LogP contribution in [0, 0.1) is 25.2 Å². The maximum absolute atomic E-state index is 9.05. The lowest BCUT2D eigenvalue weighted by Gasteiger charge is -2.15. The molecule has 4 heteroatoms. The average molecular weight is 368 g/mol. The minimum atomic E-state index is 0.328. The molecule has 0 amide bonds. The van der Waals surface area contributed by atoms with Crippen molar-refractivity contribution in [2.45, 2.75) is 38.8 Å². The van der Waals surface area contributed by atoms with Gasteiger partial charge in [0, 0.05) is 29.8 Å². The van der Waals surface area contributed by atoms with E-state index in [4.69, 9.17) is 10.4 Å². The fourth-order valence-corrected chi connectivity index (χ4v) is 4.08. The van der Waals surface area contributed by atoms with Crippen LogP contribution in [-0.2, 0) is 6.54 Å². The van der Waals surface area contributed by atoms with Gasteiger partial charge in [0.1, 0.15) is 0 Å². The number of nitriles is 1. The largest absolute Gasteiger partial charge is 0.306 e. The topological polar surface area (TPSA) is 53.6 Å². The first kappa shape index (κ1) is 18.2. The van der Waals surface area contributed by atoms with Gasteiger partial charge in [0.15, 0.2) is 0 Å². The molecule has 0 radical (unpaired) electrons. The van der Waals surface area contributed by atoms with Crippen LogP contribution < -0.4 is 5.32 Å². The first-order chi connectivity index (χ1) is 13.7. The third-order valence-electron chi connectivity index (χ3n) is 5.43. The second kappa shape index (κ2) is 7.84. The highest BCUT2D eigenvalue weighted by molar-refractivity contribution is 5.41. The summed E-state index contributed by atoms with van der Waals surface area (Å²) in [6.07, 6.45) is 5.59. The smallest absolute Gasteiger partial charge is 0.0991 e. The van der Waals surface area contributed by atoms with Gasteiger partial charge in [-0.2, -0.15) is 10.4 Å². The summed E-state index contributed by atoms with van der Waals surface area (Å²) in [5.74, 6) is 0.375. The van der Waals surface area contributed by atoms with Crippen LogP contribution in [0.15, 0.2) is 66.7 Å². The Kier molecular flexibility index (Phi) is 5.10. The Bertz CT molecular complexity index is 1040. The van der Waals surface area contributed by atoms with Gasteiger partial charge >= 0.3 is 0 Å². The Labute approximate surface area is 166 Å². The summed E-state index contributed by atoms with van der Waals surface area (Å²) in [6.45, 7) is 5.02. The van der Waals surface area contributed by atoms with Gasteiger partial charge in [-0.05, 0) is 50.1 Å². The number of nitrogens with zero attached hydrogens (tertiary/aromatic N) is 3. The van der Waals surface area contributed by atoms with E-state index in [1.807, 2.05) is 41.1 Å². The molecule has 0 saturated heterocycles. The Balaban J connectivity index is 1.45. The molecular formula is C24H24N4. The number of para-hydroxylation sites is 1. The molecule has 0 saturated carbocycles. The number of hydrogen-bond acceptors (Lipinski definition) is 3. The highest BCUT2D eigenvalue weighted by Gasteiger charge is 2.25. The van der Waals surface area contributed by atoms with Gasteiger partial charge in [0.05, 0.1) is 23.0 Å². The Hall–Kier alpha value is -3.16. The average Bonchev–Trinajstić information content (AvgIpc) is 3.31. The molecule has 2 atom stereocenters. The maximum Gasteiger partial charge on any atom is 0.0991 e. The van der Waals surface area contributed by atoms with E-state index in [2.05, 4.69) is 55.6 Å². The van der Waals surface area contributed by atoms with Crippen molar-refractivity contribution in [1.82, 2.24) is 15.1 Å². The van der Waals surface area contributed by atoms with Gasteiger partial charge in [-0.15, -0.1) is 0 Å². The number of aryl methyl sites for hydroxylation is 1. The second-order valence-electron chi connectivity index (χ2n) is 7.36. The van der Waals surface area contributed by atoms with E-state index in [-0.39, 0.29) is 0 Å². The van der Waals surface area contributed by atoms with Gasteiger partial charge < -0.3 is 5.32 Å². The van der Waals surface area contributed by atoms with Gasteiger partial charge in [-0.1, -0.05) is 42.5 Å². The van der Waals surface area contributed by atoms with Crippen LogP contribution in [0.4, 0.5) is 0 Å². The molecule has 3 aromatic rings. The van der Waals surface area contributed by atoms with Crippen molar-refractivity contribution in [3.63, 3.8) is 0 Å². The predicted molar refractivity (Wildman–Crippen MR) is 111 cm³/mol. The first-order valence-electron chi connectivity index (χ1n) is 9.68. The fraction of sp³-hybridized carbons (Fsp3) is 0.250. The number of nitrogens with one attached hydrogen (secondary N) is 1. The molecule has 2 aromatic carbocycles. The van der Waals surface area contributed by atoms with Crippen molar-refractivity contribution in [2.24, 2.45) is 0 Å². The van der Waals surface area contributed by atoms with Crippen molar-refractivity contribution >= 4 is 0 Å². The van der Waals surface area contributed by atoms with Crippen LogP contribution in [0.1, 0.15) is 40.4 Å². The number of benzene rings is 2. The Morgan fingerprint density at radius 1 is 1.11 bits per heavy atom. The Morgan fingerprint density at radius 2 is 1.93 bits per heavy atom. The predicted octanol–water partition coefficient (Wildman–Crippen LogP) is 4.56. The van der Waals surface area contributed by atoms with Crippen LogP contribution in [0.2, 0.25) is 0 Å². The van der Waals surface area contributed by atoms with Crippen molar-refractivity contribution in [1.29, 1.82) is 5.26 Å². The molecule has 0 aliphatic heterocycles. The molecule has 1 aliphatic rings. The third kappa shape index (κ3) is 3.62. The van der Waals surface area contributed by atoms with Gasteiger partial charge in [0.2, 0.25) is 0 Å². The van der Waals surface area contributed by atoms with Gasteiger partial charge in [-0.3, -0.25) is 0 Å². The summed E-state index contributed by atoms with van der Waals surface area (Å²) in [5, 5.41) is 17.4. The van der Waals surface area contributed by atoms with Gasteiger partial charge in [0.25, 0.3) is 0 Å². The van der Waals surface area contributed by atoms with E-state index >= 15 is 0 Å². The van der Waals surface area contributed by atoms with E-state index in [1.54, 1.807) is 0 Å². The summed E-state index contributed by atoms with van der Waals surface area (Å²) in [4.78, 5) is 0. The molecule has 2 unspecified atom stereocenters. The molecule has 1 heterocycles. The van der Waals surface area contributed by atoms with E-state index in [1.165, 1.54) is 11.3 Å². The highest BCUT2D eigenvalue weighted by atomic mass is 15.3. The second-order valence-corrected chi connectivity index (χ2v) is 7.36. The Morgan fingerprint density at radius 3 is 2.71 bits per heavy atom. The molecular weight excluding hydrogens is 344 g/mol. The minimum Gasteiger partial charge on any atom is -0.306 e. The molecule has 0 fully saturated rings. The summed E-state index contributed by atoms with van der Waals surface area (Å²) >= 11 is 0. The highest BCUT2D eigenvalue weighted by Crippen LogP contribution is 2.34. The van der Waals surface area contributed by atoms with Crippen LogP contribution in [0.5, 0.6) is 0 Å².